The van der Waals surface area contributed by atoms with Crippen molar-refractivity contribution in [3.63, 3.8) is 0 Å². The molecule has 0 aromatic heterocycles. The van der Waals surface area contributed by atoms with Crippen molar-refractivity contribution in [3.05, 3.63) is 58.1 Å². The summed E-state index contributed by atoms with van der Waals surface area (Å²) in [7, 11) is 0. The van der Waals surface area contributed by atoms with E-state index >= 15 is 0 Å². The van der Waals surface area contributed by atoms with Crippen molar-refractivity contribution >= 4 is 44.9 Å². The third-order valence-corrected chi connectivity index (χ3v) is 4.42. The molecule has 1 amide bonds. The lowest BCUT2D eigenvalue weighted by molar-refractivity contribution is 0.102. The van der Waals surface area contributed by atoms with Gasteiger partial charge in [-0.3, -0.25) is 4.79 Å². The van der Waals surface area contributed by atoms with Crippen LogP contribution in [0.5, 0.6) is 5.75 Å². The highest BCUT2D eigenvalue weighted by molar-refractivity contribution is 9.10. The number of anilines is 1. The minimum atomic E-state index is -0.866. The van der Waals surface area contributed by atoms with Crippen LogP contribution in [0, 0.1) is 11.6 Å². The standard InChI is InChI=1S/C18H17BrF2N2O2S/c1-3-23(4-2)18(26)25-16-8-5-11(19)9-13(16)17(24)22-15-7-6-12(20)10-14(15)21/h5-10H,3-4H2,1-2H3,(H,22,24). The molecule has 2 rings (SSSR count). The number of halogens is 3. The van der Waals surface area contributed by atoms with Gasteiger partial charge in [-0.05, 0) is 56.4 Å². The van der Waals surface area contributed by atoms with E-state index in [-0.39, 0.29) is 22.2 Å². The van der Waals surface area contributed by atoms with Gasteiger partial charge in [-0.1, -0.05) is 15.9 Å². The SMILES string of the molecule is CCN(CC)C(=S)Oc1ccc(Br)cc1C(=O)Nc1ccc(F)cc1F. The zero-order valence-corrected chi connectivity index (χ0v) is 16.6. The first-order valence-electron chi connectivity index (χ1n) is 7.88. The van der Waals surface area contributed by atoms with Gasteiger partial charge in [-0.15, -0.1) is 0 Å². The summed E-state index contributed by atoms with van der Waals surface area (Å²) >= 11 is 8.55. The van der Waals surface area contributed by atoms with Crippen molar-refractivity contribution in [3.8, 4) is 5.75 Å². The van der Waals surface area contributed by atoms with Gasteiger partial charge in [-0.25, -0.2) is 8.78 Å². The zero-order valence-electron chi connectivity index (χ0n) is 14.2. The number of hydrogen-bond acceptors (Lipinski definition) is 3. The second-order valence-electron chi connectivity index (χ2n) is 5.26. The lowest BCUT2D eigenvalue weighted by Gasteiger charge is -2.22. The molecule has 0 radical (unpaired) electrons. The molecule has 0 unspecified atom stereocenters. The van der Waals surface area contributed by atoms with Crippen LogP contribution in [0.1, 0.15) is 24.2 Å². The van der Waals surface area contributed by atoms with E-state index in [2.05, 4.69) is 21.2 Å². The Labute approximate surface area is 164 Å². The highest BCUT2D eigenvalue weighted by Crippen LogP contribution is 2.26. The van der Waals surface area contributed by atoms with Crippen LogP contribution in [0.15, 0.2) is 40.9 Å². The molecule has 0 heterocycles. The maximum absolute atomic E-state index is 13.8. The van der Waals surface area contributed by atoms with E-state index in [0.29, 0.717) is 23.6 Å². The normalized spacial score (nSPS) is 10.3. The Hall–Kier alpha value is -2.06. The molecule has 1 N–H and O–H groups in total. The molecule has 0 fully saturated rings. The molecule has 0 spiro atoms. The highest BCUT2D eigenvalue weighted by atomic mass is 79.9. The molecule has 4 nitrogen and oxygen atoms in total. The number of nitrogens with zero attached hydrogens (tertiary/aromatic N) is 1. The third kappa shape index (κ3) is 4.98. The molecule has 0 atom stereocenters. The molecule has 26 heavy (non-hydrogen) atoms. The highest BCUT2D eigenvalue weighted by Gasteiger charge is 2.18. The summed E-state index contributed by atoms with van der Waals surface area (Å²) in [5, 5.41) is 2.65. The summed E-state index contributed by atoms with van der Waals surface area (Å²) < 4.78 is 33.1. The number of ether oxygens (including phenoxy) is 1. The van der Waals surface area contributed by atoms with Crippen LogP contribution in [0.25, 0.3) is 0 Å². The first-order chi connectivity index (χ1) is 12.3. The molecule has 138 valence electrons. The monoisotopic (exact) mass is 442 g/mol. The van der Waals surface area contributed by atoms with Crippen LogP contribution < -0.4 is 10.1 Å². The maximum Gasteiger partial charge on any atom is 0.264 e. The third-order valence-electron chi connectivity index (χ3n) is 3.58. The van der Waals surface area contributed by atoms with Crippen molar-refractivity contribution in [1.29, 1.82) is 0 Å². The average molecular weight is 443 g/mol. The van der Waals surface area contributed by atoms with Gasteiger partial charge in [0, 0.05) is 23.6 Å². The van der Waals surface area contributed by atoms with Gasteiger partial charge in [-0.2, -0.15) is 0 Å². The van der Waals surface area contributed by atoms with Crippen LogP contribution >= 0.6 is 28.1 Å². The minimum Gasteiger partial charge on any atom is -0.431 e. The van der Waals surface area contributed by atoms with E-state index in [1.807, 2.05) is 18.7 Å². The van der Waals surface area contributed by atoms with Crippen molar-refractivity contribution in [2.45, 2.75) is 13.8 Å². The smallest absolute Gasteiger partial charge is 0.264 e. The predicted octanol–water partition coefficient (Wildman–Crippen LogP) is 4.99. The first-order valence-corrected chi connectivity index (χ1v) is 9.08. The van der Waals surface area contributed by atoms with Crippen molar-refractivity contribution in [2.75, 3.05) is 18.4 Å². The number of amides is 1. The number of benzene rings is 2. The van der Waals surface area contributed by atoms with Gasteiger partial charge in [0.05, 0.1) is 11.3 Å². The maximum atomic E-state index is 13.8. The van der Waals surface area contributed by atoms with Crippen LogP contribution in [0.2, 0.25) is 0 Å². The molecule has 2 aromatic rings. The quantitative estimate of drug-likeness (QED) is 0.662. The zero-order chi connectivity index (χ0) is 19.3. The van der Waals surface area contributed by atoms with Gasteiger partial charge in [0.2, 0.25) is 0 Å². The van der Waals surface area contributed by atoms with Gasteiger partial charge in [0.1, 0.15) is 17.4 Å². The number of carbonyl (C=O) groups is 1. The fraction of sp³-hybridized carbons (Fsp3) is 0.222. The van der Waals surface area contributed by atoms with E-state index < -0.39 is 17.5 Å². The number of hydrogen-bond donors (Lipinski definition) is 1. The summed E-state index contributed by atoms with van der Waals surface area (Å²) in [4.78, 5) is 14.4. The molecular weight excluding hydrogens is 426 g/mol. The summed E-state index contributed by atoms with van der Waals surface area (Å²) in [6.07, 6.45) is 0. The average Bonchev–Trinajstić information content (AvgIpc) is 2.60. The summed E-state index contributed by atoms with van der Waals surface area (Å²) in [6.45, 7) is 5.19. The van der Waals surface area contributed by atoms with Gasteiger partial charge in [0.15, 0.2) is 0 Å². The second-order valence-corrected chi connectivity index (χ2v) is 6.52. The number of thiocarbonyl (C=S) groups is 1. The lowest BCUT2D eigenvalue weighted by Crippen LogP contribution is -2.33. The Balaban J connectivity index is 2.28. The van der Waals surface area contributed by atoms with Crippen LogP contribution in [-0.2, 0) is 0 Å². The molecule has 0 saturated carbocycles. The fourth-order valence-electron chi connectivity index (χ4n) is 2.19. The molecule has 8 heteroatoms. The van der Waals surface area contributed by atoms with Crippen molar-refractivity contribution < 1.29 is 18.3 Å². The molecule has 0 aliphatic heterocycles. The molecule has 0 aliphatic rings. The van der Waals surface area contributed by atoms with E-state index in [1.54, 1.807) is 12.1 Å². The molecule has 0 aliphatic carbocycles. The Morgan fingerprint density at radius 1 is 1.19 bits per heavy atom. The molecule has 0 saturated heterocycles. The summed E-state index contributed by atoms with van der Waals surface area (Å²) in [6, 6.07) is 7.75. The topological polar surface area (TPSA) is 41.6 Å². The number of rotatable bonds is 5. The molecule has 2 aromatic carbocycles. The van der Waals surface area contributed by atoms with Crippen LogP contribution in [0.3, 0.4) is 0 Å². The Bertz CT molecular complexity index is 829. The van der Waals surface area contributed by atoms with Crippen LogP contribution in [0.4, 0.5) is 14.5 Å². The van der Waals surface area contributed by atoms with Crippen LogP contribution in [-0.4, -0.2) is 29.1 Å². The Morgan fingerprint density at radius 3 is 2.50 bits per heavy atom. The van der Waals surface area contributed by atoms with Gasteiger partial charge >= 0.3 is 0 Å². The number of nitrogens with one attached hydrogen (secondary N) is 1. The van der Waals surface area contributed by atoms with Gasteiger partial charge < -0.3 is 15.0 Å². The number of carbonyl (C=O) groups excluding carboxylic acids is 1. The largest absolute Gasteiger partial charge is 0.431 e. The fourth-order valence-corrected chi connectivity index (χ4v) is 2.90. The molecule has 0 bridgehead atoms. The van der Waals surface area contributed by atoms with E-state index in [1.165, 1.54) is 6.07 Å². The Morgan fingerprint density at radius 2 is 1.88 bits per heavy atom. The molecular formula is C18H17BrF2N2O2S. The van der Waals surface area contributed by atoms with Crippen molar-refractivity contribution in [2.24, 2.45) is 0 Å². The minimum absolute atomic E-state index is 0.131. The van der Waals surface area contributed by atoms with E-state index in [4.69, 9.17) is 17.0 Å². The second kappa shape index (κ2) is 9.05. The summed E-state index contributed by atoms with van der Waals surface area (Å²) in [5.74, 6) is -1.95. The van der Waals surface area contributed by atoms with E-state index in [9.17, 15) is 13.6 Å². The van der Waals surface area contributed by atoms with Crippen molar-refractivity contribution in [1.82, 2.24) is 4.90 Å². The predicted molar refractivity (Wildman–Crippen MR) is 105 cm³/mol. The van der Waals surface area contributed by atoms with E-state index in [0.717, 1.165) is 12.1 Å². The lowest BCUT2D eigenvalue weighted by atomic mass is 10.2. The Kier molecular flexibility index (Phi) is 7.05. The first kappa shape index (κ1) is 20.3. The summed E-state index contributed by atoms with van der Waals surface area (Å²) in [5.41, 5.74) is 0.0336. The van der Waals surface area contributed by atoms with Gasteiger partial charge in [0.25, 0.3) is 11.1 Å².